The van der Waals surface area contributed by atoms with Gasteiger partial charge in [0, 0.05) is 24.8 Å². The van der Waals surface area contributed by atoms with Crippen molar-refractivity contribution in [1.82, 2.24) is 15.1 Å². The monoisotopic (exact) mass is 291 g/mol. The second-order valence-corrected chi connectivity index (χ2v) is 5.16. The quantitative estimate of drug-likeness (QED) is 0.861. The van der Waals surface area contributed by atoms with Crippen molar-refractivity contribution in [3.63, 3.8) is 0 Å². The van der Waals surface area contributed by atoms with E-state index in [9.17, 15) is 4.79 Å². The summed E-state index contributed by atoms with van der Waals surface area (Å²) >= 11 is 5.94. The molecule has 0 aliphatic rings. The molecule has 0 aliphatic heterocycles. The lowest BCUT2D eigenvalue weighted by atomic mass is 10.1. The molecule has 106 valence electrons. The third-order valence-corrected chi connectivity index (χ3v) is 3.50. The minimum absolute atomic E-state index is 0.0298. The number of benzene rings is 1. The predicted octanol–water partition coefficient (Wildman–Crippen LogP) is 2.97. The molecule has 0 spiro atoms. The first-order valence-corrected chi connectivity index (χ1v) is 6.99. The van der Waals surface area contributed by atoms with Crippen LogP contribution in [0.3, 0.4) is 0 Å². The molecule has 0 fully saturated rings. The van der Waals surface area contributed by atoms with Crippen LogP contribution < -0.4 is 5.32 Å². The number of carbonyl (C=O) groups is 1. The maximum Gasteiger partial charge on any atom is 0.251 e. The van der Waals surface area contributed by atoms with Gasteiger partial charge in [-0.2, -0.15) is 5.10 Å². The van der Waals surface area contributed by atoms with Gasteiger partial charge in [-0.05, 0) is 31.9 Å². The summed E-state index contributed by atoms with van der Waals surface area (Å²) in [6.45, 7) is 5.16. The van der Waals surface area contributed by atoms with Crippen LogP contribution in [0.5, 0.6) is 0 Å². The Morgan fingerprint density at radius 2 is 2.10 bits per heavy atom. The first-order valence-electron chi connectivity index (χ1n) is 6.61. The number of carbonyl (C=O) groups excluding carboxylic acids is 1. The van der Waals surface area contributed by atoms with Crippen molar-refractivity contribution in [2.24, 2.45) is 0 Å². The molecular formula is C15H18ClN3O. The molecule has 0 saturated heterocycles. The van der Waals surface area contributed by atoms with Crippen LogP contribution in [0, 0.1) is 13.8 Å². The highest BCUT2D eigenvalue weighted by molar-refractivity contribution is 6.31. The largest absolute Gasteiger partial charge is 0.352 e. The summed E-state index contributed by atoms with van der Waals surface area (Å²) < 4.78 is 1.80. The van der Waals surface area contributed by atoms with E-state index >= 15 is 0 Å². The fourth-order valence-electron chi connectivity index (χ4n) is 1.97. The lowest BCUT2D eigenvalue weighted by Crippen LogP contribution is -2.26. The summed E-state index contributed by atoms with van der Waals surface area (Å²) in [5.41, 5.74) is 2.54. The van der Waals surface area contributed by atoms with E-state index in [4.69, 9.17) is 11.6 Å². The van der Waals surface area contributed by atoms with Gasteiger partial charge in [0.15, 0.2) is 0 Å². The maximum absolute atomic E-state index is 12.0. The van der Waals surface area contributed by atoms with Crippen LogP contribution in [0.4, 0.5) is 0 Å². The molecule has 0 radical (unpaired) electrons. The highest BCUT2D eigenvalue weighted by Crippen LogP contribution is 2.12. The number of hydrogen-bond donors (Lipinski definition) is 1. The topological polar surface area (TPSA) is 46.9 Å². The van der Waals surface area contributed by atoms with Crippen molar-refractivity contribution < 1.29 is 4.79 Å². The molecule has 0 unspecified atom stereocenters. The highest BCUT2D eigenvalue weighted by Gasteiger charge is 2.07. The molecule has 5 heteroatoms. The van der Waals surface area contributed by atoms with E-state index in [1.807, 2.05) is 38.1 Å². The molecule has 1 N–H and O–H groups in total. The number of nitrogens with zero attached hydrogens (tertiary/aromatic N) is 2. The summed E-state index contributed by atoms with van der Waals surface area (Å²) in [7, 11) is 0. The molecule has 1 aromatic carbocycles. The van der Waals surface area contributed by atoms with E-state index in [0.29, 0.717) is 11.6 Å². The number of halogens is 1. The van der Waals surface area contributed by atoms with Crippen LogP contribution in [-0.4, -0.2) is 22.2 Å². The Morgan fingerprint density at radius 3 is 2.75 bits per heavy atom. The summed E-state index contributed by atoms with van der Waals surface area (Å²) in [5.74, 6) is -0.0298. The molecule has 0 aliphatic carbocycles. The fraction of sp³-hybridized carbons (Fsp3) is 0.333. The molecule has 1 aromatic heterocycles. The van der Waals surface area contributed by atoms with Crippen molar-refractivity contribution in [3.05, 3.63) is 52.3 Å². The lowest BCUT2D eigenvalue weighted by molar-refractivity contribution is 0.0952. The van der Waals surface area contributed by atoms with Crippen LogP contribution in [0.15, 0.2) is 30.5 Å². The van der Waals surface area contributed by atoms with Crippen LogP contribution in [0.2, 0.25) is 5.02 Å². The van der Waals surface area contributed by atoms with E-state index in [-0.39, 0.29) is 5.91 Å². The van der Waals surface area contributed by atoms with Gasteiger partial charge in [-0.1, -0.05) is 29.8 Å². The van der Waals surface area contributed by atoms with Crippen molar-refractivity contribution in [2.45, 2.75) is 26.8 Å². The molecule has 0 atom stereocenters. The summed E-state index contributed by atoms with van der Waals surface area (Å²) in [6.07, 6.45) is 2.62. The van der Waals surface area contributed by atoms with Gasteiger partial charge >= 0.3 is 0 Å². The van der Waals surface area contributed by atoms with Gasteiger partial charge in [0.1, 0.15) is 0 Å². The third-order valence-electron chi connectivity index (χ3n) is 3.13. The van der Waals surface area contributed by atoms with Gasteiger partial charge in [-0.3, -0.25) is 9.48 Å². The average molecular weight is 292 g/mol. The second kappa shape index (κ2) is 6.57. The first kappa shape index (κ1) is 14.6. The number of rotatable bonds is 5. The summed E-state index contributed by atoms with van der Waals surface area (Å²) in [4.78, 5) is 12.0. The standard InChI is InChI=1S/C15H18ClN3O/c1-11-6-3-4-7-13(11)15(20)17-8-5-9-19-10-14(16)12(2)18-19/h3-4,6-7,10H,5,8-9H2,1-2H3,(H,17,20). The fourth-order valence-corrected chi connectivity index (χ4v) is 2.12. The molecule has 1 amide bonds. The van der Waals surface area contributed by atoms with Crippen molar-refractivity contribution in [3.8, 4) is 0 Å². The van der Waals surface area contributed by atoms with Crippen molar-refractivity contribution >= 4 is 17.5 Å². The number of aryl methyl sites for hydroxylation is 3. The Bertz CT molecular complexity index is 587. The molecule has 0 bridgehead atoms. The summed E-state index contributed by atoms with van der Waals surface area (Å²) in [6, 6.07) is 7.57. The van der Waals surface area contributed by atoms with Crippen molar-refractivity contribution in [2.75, 3.05) is 6.54 Å². The van der Waals surface area contributed by atoms with Gasteiger partial charge < -0.3 is 5.32 Å². The second-order valence-electron chi connectivity index (χ2n) is 4.75. The average Bonchev–Trinajstić information content (AvgIpc) is 2.74. The summed E-state index contributed by atoms with van der Waals surface area (Å²) in [5, 5.41) is 7.86. The minimum atomic E-state index is -0.0298. The Balaban J connectivity index is 1.79. The van der Waals surface area contributed by atoms with Crippen LogP contribution in [0.1, 0.15) is 28.0 Å². The zero-order valence-corrected chi connectivity index (χ0v) is 12.4. The Labute approximate surface area is 123 Å². The number of aromatic nitrogens is 2. The SMILES string of the molecule is Cc1ccccc1C(=O)NCCCn1cc(Cl)c(C)n1. The van der Waals surface area contributed by atoms with E-state index < -0.39 is 0 Å². The maximum atomic E-state index is 12.0. The van der Waals surface area contributed by atoms with Crippen molar-refractivity contribution in [1.29, 1.82) is 0 Å². The number of amides is 1. The molecule has 4 nitrogen and oxygen atoms in total. The molecule has 20 heavy (non-hydrogen) atoms. The Morgan fingerprint density at radius 1 is 1.35 bits per heavy atom. The molecule has 1 heterocycles. The number of nitrogens with one attached hydrogen (secondary N) is 1. The van der Waals surface area contributed by atoms with Gasteiger partial charge in [-0.15, -0.1) is 0 Å². The molecular weight excluding hydrogens is 274 g/mol. The van der Waals surface area contributed by atoms with Gasteiger partial charge in [0.05, 0.1) is 10.7 Å². The molecule has 2 rings (SSSR count). The highest BCUT2D eigenvalue weighted by atomic mass is 35.5. The smallest absolute Gasteiger partial charge is 0.251 e. The predicted molar refractivity (Wildman–Crippen MR) is 80.1 cm³/mol. The van der Waals surface area contributed by atoms with Gasteiger partial charge in [0.2, 0.25) is 0 Å². The van der Waals surface area contributed by atoms with Gasteiger partial charge in [0.25, 0.3) is 5.91 Å². The van der Waals surface area contributed by atoms with E-state index in [1.54, 1.807) is 10.9 Å². The normalized spacial score (nSPS) is 10.6. The van der Waals surface area contributed by atoms with Crippen LogP contribution in [0.25, 0.3) is 0 Å². The minimum Gasteiger partial charge on any atom is -0.352 e. The zero-order chi connectivity index (χ0) is 14.5. The van der Waals surface area contributed by atoms with E-state index in [0.717, 1.165) is 29.8 Å². The molecule has 0 saturated carbocycles. The van der Waals surface area contributed by atoms with E-state index in [1.165, 1.54) is 0 Å². The third kappa shape index (κ3) is 3.61. The lowest BCUT2D eigenvalue weighted by Gasteiger charge is -2.07. The first-order chi connectivity index (χ1) is 9.58. The molecule has 2 aromatic rings. The van der Waals surface area contributed by atoms with Gasteiger partial charge in [-0.25, -0.2) is 0 Å². The van der Waals surface area contributed by atoms with E-state index in [2.05, 4.69) is 10.4 Å². The Hall–Kier alpha value is -1.81. The van der Waals surface area contributed by atoms with Crippen LogP contribution in [-0.2, 0) is 6.54 Å². The van der Waals surface area contributed by atoms with Crippen LogP contribution >= 0.6 is 11.6 Å². The number of hydrogen-bond acceptors (Lipinski definition) is 2. The Kier molecular flexibility index (Phi) is 4.79. The zero-order valence-electron chi connectivity index (χ0n) is 11.7.